The fourth-order valence-corrected chi connectivity index (χ4v) is 2.15. The largest absolute Gasteiger partial charge is 0.396 e. The third kappa shape index (κ3) is 1.79. The maximum Gasteiger partial charge on any atom is 0.146 e. The number of nitrogens with two attached hydrogens (primary N) is 1. The molecule has 1 aromatic carbocycles. The summed E-state index contributed by atoms with van der Waals surface area (Å²) in [5.74, 6) is -0.384. The summed E-state index contributed by atoms with van der Waals surface area (Å²) in [5, 5.41) is 4.41. The van der Waals surface area contributed by atoms with Gasteiger partial charge < -0.3 is 5.73 Å². The average molecular weight is 233 g/mol. The van der Waals surface area contributed by atoms with Crippen molar-refractivity contribution >= 4 is 5.69 Å². The molecule has 0 amide bonds. The van der Waals surface area contributed by atoms with Gasteiger partial charge in [0.25, 0.3) is 0 Å². The molecule has 1 heterocycles. The molecule has 4 heteroatoms. The molecule has 0 radical (unpaired) electrons. The van der Waals surface area contributed by atoms with Crippen molar-refractivity contribution in [3.8, 4) is 11.1 Å². The summed E-state index contributed by atoms with van der Waals surface area (Å²) >= 11 is 0. The number of benzene rings is 1. The number of halogens is 1. The Morgan fingerprint density at radius 3 is 2.65 bits per heavy atom. The molecule has 2 rings (SSSR count). The third-order valence-corrected chi connectivity index (χ3v) is 3.00. The minimum absolute atomic E-state index is 0.189. The standard InChI is InChI=1S/C13H16FN3/c1-4-17-9(3)12(8(2)16-17)10-6-5-7-11(14)13(10)15/h5-7H,4,15H2,1-3H3. The first kappa shape index (κ1) is 11.6. The molecule has 2 aromatic rings. The van der Waals surface area contributed by atoms with Crippen molar-refractivity contribution < 1.29 is 4.39 Å². The first-order valence-electron chi connectivity index (χ1n) is 5.64. The van der Waals surface area contributed by atoms with E-state index in [0.717, 1.165) is 29.1 Å². The van der Waals surface area contributed by atoms with Gasteiger partial charge in [0.2, 0.25) is 0 Å². The number of para-hydroxylation sites is 1. The van der Waals surface area contributed by atoms with Gasteiger partial charge >= 0.3 is 0 Å². The predicted octanol–water partition coefficient (Wildman–Crippen LogP) is 2.91. The van der Waals surface area contributed by atoms with E-state index < -0.39 is 0 Å². The first-order chi connectivity index (χ1) is 8.06. The number of nitrogens with zero attached hydrogens (tertiary/aromatic N) is 2. The van der Waals surface area contributed by atoms with Crippen molar-refractivity contribution in [3.05, 3.63) is 35.4 Å². The van der Waals surface area contributed by atoms with Crippen LogP contribution in [-0.4, -0.2) is 9.78 Å². The van der Waals surface area contributed by atoms with Crippen molar-refractivity contribution in [2.75, 3.05) is 5.73 Å². The lowest BCUT2D eigenvalue weighted by Gasteiger charge is -2.07. The zero-order valence-electron chi connectivity index (χ0n) is 10.3. The van der Waals surface area contributed by atoms with E-state index in [1.165, 1.54) is 6.07 Å². The minimum Gasteiger partial charge on any atom is -0.396 e. The molecule has 0 atom stereocenters. The molecule has 17 heavy (non-hydrogen) atoms. The normalized spacial score (nSPS) is 10.8. The van der Waals surface area contributed by atoms with Gasteiger partial charge in [0.05, 0.1) is 11.4 Å². The molecule has 1 aromatic heterocycles. The number of hydrogen-bond donors (Lipinski definition) is 1. The van der Waals surface area contributed by atoms with Crippen LogP contribution in [0.4, 0.5) is 10.1 Å². The molecule has 0 spiro atoms. The maximum absolute atomic E-state index is 13.5. The third-order valence-electron chi connectivity index (χ3n) is 3.00. The Bertz CT molecular complexity index is 558. The number of hydrogen-bond acceptors (Lipinski definition) is 2. The molecule has 0 aliphatic rings. The van der Waals surface area contributed by atoms with Crippen LogP contribution < -0.4 is 5.73 Å². The molecule has 0 unspecified atom stereocenters. The van der Waals surface area contributed by atoms with E-state index in [2.05, 4.69) is 5.10 Å². The highest BCUT2D eigenvalue weighted by Gasteiger charge is 2.16. The Morgan fingerprint density at radius 2 is 2.06 bits per heavy atom. The van der Waals surface area contributed by atoms with Gasteiger partial charge in [-0.2, -0.15) is 5.10 Å². The van der Waals surface area contributed by atoms with E-state index in [1.54, 1.807) is 6.07 Å². The highest BCUT2D eigenvalue weighted by Crippen LogP contribution is 2.32. The van der Waals surface area contributed by atoms with E-state index in [4.69, 9.17) is 5.73 Å². The highest BCUT2D eigenvalue weighted by atomic mass is 19.1. The van der Waals surface area contributed by atoms with Crippen molar-refractivity contribution in [1.82, 2.24) is 9.78 Å². The van der Waals surface area contributed by atoms with Gasteiger partial charge in [-0.05, 0) is 26.8 Å². The van der Waals surface area contributed by atoms with Crippen molar-refractivity contribution in [3.63, 3.8) is 0 Å². The molecule has 0 aliphatic carbocycles. The van der Waals surface area contributed by atoms with Gasteiger partial charge in [-0.1, -0.05) is 12.1 Å². The van der Waals surface area contributed by atoms with Gasteiger partial charge in [-0.3, -0.25) is 4.68 Å². The van der Waals surface area contributed by atoms with Gasteiger partial charge in [0.1, 0.15) is 5.82 Å². The summed E-state index contributed by atoms with van der Waals surface area (Å²) in [6.07, 6.45) is 0. The van der Waals surface area contributed by atoms with E-state index in [-0.39, 0.29) is 11.5 Å². The van der Waals surface area contributed by atoms with Crippen molar-refractivity contribution in [1.29, 1.82) is 0 Å². The minimum atomic E-state index is -0.384. The monoisotopic (exact) mass is 233 g/mol. The van der Waals surface area contributed by atoms with Crippen molar-refractivity contribution in [2.24, 2.45) is 0 Å². The SMILES string of the molecule is CCn1nc(C)c(-c2cccc(F)c2N)c1C. The molecule has 0 fully saturated rings. The zero-order valence-corrected chi connectivity index (χ0v) is 10.3. The van der Waals surface area contributed by atoms with Crippen molar-refractivity contribution in [2.45, 2.75) is 27.3 Å². The van der Waals surface area contributed by atoms with Crippen LogP contribution in [0, 0.1) is 19.7 Å². The highest BCUT2D eigenvalue weighted by molar-refractivity contribution is 5.79. The zero-order chi connectivity index (χ0) is 12.6. The fraction of sp³-hybridized carbons (Fsp3) is 0.308. The molecule has 2 N–H and O–H groups in total. The van der Waals surface area contributed by atoms with E-state index >= 15 is 0 Å². The first-order valence-corrected chi connectivity index (χ1v) is 5.64. The molecule has 0 saturated heterocycles. The molecule has 3 nitrogen and oxygen atoms in total. The molecule has 0 bridgehead atoms. The second-order valence-electron chi connectivity index (χ2n) is 4.06. The molecular formula is C13H16FN3. The number of aromatic nitrogens is 2. The van der Waals surface area contributed by atoms with Crippen LogP contribution in [0.2, 0.25) is 0 Å². The predicted molar refractivity (Wildman–Crippen MR) is 67.2 cm³/mol. The van der Waals surface area contributed by atoms with Gasteiger partial charge in [0.15, 0.2) is 0 Å². The van der Waals surface area contributed by atoms with Gasteiger partial charge in [0, 0.05) is 23.4 Å². The Morgan fingerprint density at radius 1 is 1.35 bits per heavy atom. The lowest BCUT2D eigenvalue weighted by molar-refractivity contribution is 0.632. The Hall–Kier alpha value is -1.84. The average Bonchev–Trinajstić information content (AvgIpc) is 2.58. The quantitative estimate of drug-likeness (QED) is 0.810. The maximum atomic E-state index is 13.5. The van der Waals surface area contributed by atoms with Crippen LogP contribution in [0.15, 0.2) is 18.2 Å². The van der Waals surface area contributed by atoms with E-state index in [9.17, 15) is 4.39 Å². The smallest absolute Gasteiger partial charge is 0.146 e. The lowest BCUT2D eigenvalue weighted by Crippen LogP contribution is -1.99. The Kier molecular flexibility index (Phi) is 2.88. The Labute approximate surface area is 100 Å². The number of aryl methyl sites for hydroxylation is 2. The fourth-order valence-electron chi connectivity index (χ4n) is 2.15. The summed E-state index contributed by atoms with van der Waals surface area (Å²) < 4.78 is 15.4. The van der Waals surface area contributed by atoms with Crippen LogP contribution in [0.1, 0.15) is 18.3 Å². The molecular weight excluding hydrogens is 217 g/mol. The topological polar surface area (TPSA) is 43.8 Å². The Balaban J connectivity index is 2.68. The summed E-state index contributed by atoms with van der Waals surface area (Å²) in [5.41, 5.74) is 9.53. The van der Waals surface area contributed by atoms with E-state index in [1.807, 2.05) is 31.5 Å². The lowest BCUT2D eigenvalue weighted by atomic mass is 10.0. The van der Waals surface area contributed by atoms with Crippen LogP contribution in [0.25, 0.3) is 11.1 Å². The molecule has 0 aliphatic heterocycles. The van der Waals surface area contributed by atoms with Gasteiger partial charge in [-0.25, -0.2) is 4.39 Å². The number of rotatable bonds is 2. The molecule has 0 saturated carbocycles. The van der Waals surface area contributed by atoms with Crippen LogP contribution in [-0.2, 0) is 6.54 Å². The molecule has 90 valence electrons. The van der Waals surface area contributed by atoms with Crippen LogP contribution >= 0.6 is 0 Å². The van der Waals surface area contributed by atoms with E-state index in [0.29, 0.717) is 0 Å². The summed E-state index contributed by atoms with van der Waals surface area (Å²) in [6.45, 7) is 6.71. The second-order valence-corrected chi connectivity index (χ2v) is 4.06. The number of nitrogen functional groups attached to an aromatic ring is 1. The van der Waals surface area contributed by atoms with Crippen LogP contribution in [0.5, 0.6) is 0 Å². The van der Waals surface area contributed by atoms with Crippen LogP contribution in [0.3, 0.4) is 0 Å². The summed E-state index contributed by atoms with van der Waals surface area (Å²) in [6, 6.07) is 4.87. The number of anilines is 1. The summed E-state index contributed by atoms with van der Waals surface area (Å²) in [4.78, 5) is 0. The summed E-state index contributed by atoms with van der Waals surface area (Å²) in [7, 11) is 0. The second kappa shape index (κ2) is 4.20. The van der Waals surface area contributed by atoms with Gasteiger partial charge in [-0.15, -0.1) is 0 Å².